The standard InChI is InChI=1S/C25H24O4/c26-22(27)8-4-9-23(28)29-16-2-1-5-17-10-11-20-13-12-18-6-3-7-19-14-15-21(17)25(20)24(18)19/h3,6-7,10-15H,1-2,4-5,8-9,16H2,(H,26,27). The van der Waals surface area contributed by atoms with E-state index >= 15 is 0 Å². The topological polar surface area (TPSA) is 63.6 Å². The van der Waals surface area contributed by atoms with Crippen molar-refractivity contribution in [3.8, 4) is 0 Å². The molecule has 4 nitrogen and oxygen atoms in total. The lowest BCUT2D eigenvalue weighted by Crippen LogP contribution is -2.07. The third-order valence-corrected chi connectivity index (χ3v) is 5.49. The molecule has 0 radical (unpaired) electrons. The summed E-state index contributed by atoms with van der Waals surface area (Å²) in [4.78, 5) is 22.1. The molecule has 4 aromatic rings. The second-order valence-electron chi connectivity index (χ2n) is 7.51. The summed E-state index contributed by atoms with van der Waals surface area (Å²) in [6, 6.07) is 19.6. The van der Waals surface area contributed by atoms with E-state index in [9.17, 15) is 9.59 Å². The van der Waals surface area contributed by atoms with Gasteiger partial charge in [0.15, 0.2) is 0 Å². The first-order chi connectivity index (χ1) is 14.1. The number of carboxylic acids is 1. The fourth-order valence-corrected chi connectivity index (χ4v) is 4.07. The first-order valence-electron chi connectivity index (χ1n) is 10.2. The molecule has 0 atom stereocenters. The van der Waals surface area contributed by atoms with Crippen LogP contribution in [-0.4, -0.2) is 23.7 Å². The van der Waals surface area contributed by atoms with Crippen molar-refractivity contribution in [3.05, 3.63) is 60.2 Å². The molecule has 4 rings (SSSR count). The predicted molar refractivity (Wildman–Crippen MR) is 116 cm³/mol. The van der Waals surface area contributed by atoms with E-state index in [4.69, 9.17) is 9.84 Å². The molecule has 4 heteroatoms. The Morgan fingerprint density at radius 3 is 2.21 bits per heavy atom. The molecule has 148 valence electrons. The summed E-state index contributed by atoms with van der Waals surface area (Å²) in [5, 5.41) is 16.4. The number of hydrogen-bond acceptors (Lipinski definition) is 3. The average Bonchev–Trinajstić information content (AvgIpc) is 2.72. The maximum atomic E-state index is 11.6. The van der Waals surface area contributed by atoms with Crippen LogP contribution in [0.25, 0.3) is 32.3 Å². The van der Waals surface area contributed by atoms with Crippen molar-refractivity contribution in [2.45, 2.75) is 38.5 Å². The zero-order valence-electron chi connectivity index (χ0n) is 16.3. The fraction of sp³-hybridized carbons (Fsp3) is 0.280. The van der Waals surface area contributed by atoms with Crippen molar-refractivity contribution in [3.63, 3.8) is 0 Å². The van der Waals surface area contributed by atoms with Crippen LogP contribution in [0, 0.1) is 0 Å². The van der Waals surface area contributed by atoms with Crippen molar-refractivity contribution >= 4 is 44.3 Å². The molecular formula is C25H24O4. The Morgan fingerprint density at radius 1 is 0.759 bits per heavy atom. The lowest BCUT2D eigenvalue weighted by atomic mass is 9.91. The molecule has 0 fully saturated rings. The van der Waals surface area contributed by atoms with Gasteiger partial charge in [0.2, 0.25) is 0 Å². The number of unbranched alkanes of at least 4 members (excludes halogenated alkanes) is 1. The van der Waals surface area contributed by atoms with Gasteiger partial charge in [0.05, 0.1) is 6.61 Å². The molecule has 29 heavy (non-hydrogen) atoms. The first kappa shape index (κ1) is 19.2. The number of esters is 1. The number of carbonyl (C=O) groups is 2. The van der Waals surface area contributed by atoms with Crippen LogP contribution in [0.1, 0.15) is 37.7 Å². The van der Waals surface area contributed by atoms with Crippen LogP contribution in [0.4, 0.5) is 0 Å². The summed E-state index contributed by atoms with van der Waals surface area (Å²) in [5.41, 5.74) is 1.32. The van der Waals surface area contributed by atoms with Crippen LogP contribution in [0.5, 0.6) is 0 Å². The van der Waals surface area contributed by atoms with Crippen LogP contribution in [0.3, 0.4) is 0 Å². The maximum Gasteiger partial charge on any atom is 0.305 e. The van der Waals surface area contributed by atoms with E-state index in [2.05, 4.69) is 54.6 Å². The fourth-order valence-electron chi connectivity index (χ4n) is 4.07. The zero-order valence-corrected chi connectivity index (χ0v) is 16.3. The molecule has 0 aliphatic carbocycles. The van der Waals surface area contributed by atoms with Crippen molar-refractivity contribution in [1.29, 1.82) is 0 Å². The zero-order chi connectivity index (χ0) is 20.2. The van der Waals surface area contributed by atoms with E-state index in [1.807, 2.05) is 0 Å². The summed E-state index contributed by atoms with van der Waals surface area (Å²) < 4.78 is 5.21. The minimum Gasteiger partial charge on any atom is -0.481 e. The largest absolute Gasteiger partial charge is 0.481 e. The number of aliphatic carboxylic acids is 1. The van der Waals surface area contributed by atoms with Gasteiger partial charge in [0.25, 0.3) is 0 Å². The Hall–Kier alpha value is -3.14. The van der Waals surface area contributed by atoms with E-state index in [0.717, 1.165) is 19.3 Å². The van der Waals surface area contributed by atoms with Crippen LogP contribution in [-0.2, 0) is 20.7 Å². The number of aryl methyl sites for hydroxylation is 1. The molecule has 0 unspecified atom stereocenters. The van der Waals surface area contributed by atoms with Crippen LogP contribution in [0.15, 0.2) is 54.6 Å². The van der Waals surface area contributed by atoms with Gasteiger partial charge in [-0.25, -0.2) is 0 Å². The smallest absolute Gasteiger partial charge is 0.305 e. The van der Waals surface area contributed by atoms with Gasteiger partial charge in [-0.15, -0.1) is 0 Å². The normalized spacial score (nSPS) is 11.4. The molecule has 0 aliphatic rings. The van der Waals surface area contributed by atoms with Gasteiger partial charge in [-0.1, -0.05) is 54.6 Å². The maximum absolute atomic E-state index is 11.6. The van der Waals surface area contributed by atoms with E-state index in [0.29, 0.717) is 13.0 Å². The Morgan fingerprint density at radius 2 is 1.45 bits per heavy atom. The Kier molecular flexibility index (Phi) is 5.61. The number of ether oxygens (including phenoxy) is 1. The second-order valence-corrected chi connectivity index (χ2v) is 7.51. The molecule has 0 aromatic heterocycles. The van der Waals surface area contributed by atoms with Crippen LogP contribution in [0.2, 0.25) is 0 Å². The van der Waals surface area contributed by atoms with Gasteiger partial charge >= 0.3 is 11.9 Å². The monoisotopic (exact) mass is 388 g/mol. The quantitative estimate of drug-likeness (QED) is 0.227. The molecule has 0 saturated heterocycles. The Balaban J connectivity index is 1.39. The third-order valence-electron chi connectivity index (χ3n) is 5.49. The van der Waals surface area contributed by atoms with E-state index in [1.54, 1.807) is 0 Å². The van der Waals surface area contributed by atoms with Gasteiger partial charge in [-0.3, -0.25) is 9.59 Å². The minimum absolute atomic E-state index is 0.00372. The number of carbonyl (C=O) groups excluding carboxylic acids is 1. The highest BCUT2D eigenvalue weighted by Gasteiger charge is 2.10. The predicted octanol–water partition coefficient (Wildman–Crippen LogP) is 5.70. The second kappa shape index (κ2) is 8.48. The van der Waals surface area contributed by atoms with E-state index in [1.165, 1.54) is 37.9 Å². The van der Waals surface area contributed by atoms with Crippen LogP contribution < -0.4 is 0 Å². The van der Waals surface area contributed by atoms with Crippen molar-refractivity contribution in [2.75, 3.05) is 6.61 Å². The Bertz CT molecular complexity index is 1150. The van der Waals surface area contributed by atoms with Crippen molar-refractivity contribution in [1.82, 2.24) is 0 Å². The first-order valence-corrected chi connectivity index (χ1v) is 10.2. The van der Waals surface area contributed by atoms with Gasteiger partial charge in [0, 0.05) is 12.8 Å². The van der Waals surface area contributed by atoms with E-state index < -0.39 is 5.97 Å². The number of benzene rings is 4. The summed E-state index contributed by atoms with van der Waals surface area (Å²) in [5.74, 6) is -1.19. The number of carboxylic acid groups (broad SMARTS) is 1. The molecule has 1 N–H and O–H groups in total. The van der Waals surface area contributed by atoms with Gasteiger partial charge in [0.1, 0.15) is 0 Å². The molecule has 0 bridgehead atoms. The summed E-state index contributed by atoms with van der Waals surface area (Å²) in [6.07, 6.45) is 3.17. The van der Waals surface area contributed by atoms with Crippen LogP contribution >= 0.6 is 0 Å². The summed E-state index contributed by atoms with van der Waals surface area (Å²) in [7, 11) is 0. The Labute approximate surface area is 169 Å². The summed E-state index contributed by atoms with van der Waals surface area (Å²) >= 11 is 0. The van der Waals surface area contributed by atoms with Gasteiger partial charge < -0.3 is 9.84 Å². The van der Waals surface area contributed by atoms with Crippen molar-refractivity contribution < 1.29 is 19.4 Å². The number of rotatable bonds is 9. The highest BCUT2D eigenvalue weighted by atomic mass is 16.5. The van der Waals surface area contributed by atoms with Gasteiger partial charge in [-0.05, 0) is 63.6 Å². The molecule has 0 amide bonds. The molecule has 0 saturated carbocycles. The molecule has 0 aliphatic heterocycles. The lowest BCUT2D eigenvalue weighted by Gasteiger charge is -2.14. The molecule has 0 heterocycles. The highest BCUT2D eigenvalue weighted by molar-refractivity contribution is 6.23. The van der Waals surface area contributed by atoms with Crippen molar-refractivity contribution in [2.24, 2.45) is 0 Å². The third kappa shape index (κ3) is 4.16. The van der Waals surface area contributed by atoms with E-state index in [-0.39, 0.29) is 18.8 Å². The lowest BCUT2D eigenvalue weighted by molar-refractivity contribution is -0.144. The average molecular weight is 388 g/mol. The number of hydrogen-bond donors (Lipinski definition) is 1. The van der Waals surface area contributed by atoms with Gasteiger partial charge in [-0.2, -0.15) is 0 Å². The highest BCUT2D eigenvalue weighted by Crippen LogP contribution is 2.36. The minimum atomic E-state index is -0.883. The summed E-state index contributed by atoms with van der Waals surface area (Å²) in [6.45, 7) is 0.387. The molecule has 0 spiro atoms. The SMILES string of the molecule is O=C(O)CCCC(=O)OCCCCc1ccc2ccc3cccc4ccc1c2c34. The molecular weight excluding hydrogens is 364 g/mol. The molecule has 4 aromatic carbocycles.